The second kappa shape index (κ2) is 5.22. The molecule has 0 fully saturated rings. The number of rotatable bonds is 2. The zero-order chi connectivity index (χ0) is 14.1. The summed E-state index contributed by atoms with van der Waals surface area (Å²) in [6.45, 7) is 0. The fourth-order valence-corrected chi connectivity index (χ4v) is 2.26. The van der Waals surface area contributed by atoms with E-state index in [0.29, 0.717) is 16.7 Å². The van der Waals surface area contributed by atoms with Crippen LogP contribution in [-0.2, 0) is 0 Å². The predicted octanol–water partition coefficient (Wildman–Crippen LogP) is 3.63. The summed E-state index contributed by atoms with van der Waals surface area (Å²) in [5.41, 5.74) is 1.75. The van der Waals surface area contributed by atoms with Crippen molar-refractivity contribution in [3.05, 3.63) is 51.8 Å². The first-order valence-electron chi connectivity index (χ1n) is 5.71. The Morgan fingerprint density at radius 2 is 1.95 bits per heavy atom. The topological polar surface area (TPSA) is 70.7 Å². The van der Waals surface area contributed by atoms with Gasteiger partial charge in [-0.1, -0.05) is 23.7 Å². The Bertz CT molecular complexity index is 802. The maximum absolute atomic E-state index is 12.0. The molecule has 3 rings (SSSR count). The van der Waals surface area contributed by atoms with Crippen molar-refractivity contribution in [2.75, 3.05) is 5.32 Å². The van der Waals surface area contributed by atoms with E-state index in [1.54, 1.807) is 18.3 Å². The van der Waals surface area contributed by atoms with Gasteiger partial charge in [0.15, 0.2) is 11.0 Å². The molecular weight excluding hydrogens is 344 g/mol. The number of halogens is 2. The molecule has 100 valence electrons. The molecule has 0 aliphatic carbocycles. The number of anilines is 1. The van der Waals surface area contributed by atoms with Crippen LogP contribution in [0.1, 0.15) is 10.5 Å². The number of nitrogens with one attached hydrogen (secondary N) is 2. The molecule has 7 heteroatoms. The van der Waals surface area contributed by atoms with Crippen molar-refractivity contribution in [3.63, 3.8) is 0 Å². The zero-order valence-corrected chi connectivity index (χ0v) is 12.4. The van der Waals surface area contributed by atoms with Crippen molar-refractivity contribution in [3.8, 4) is 0 Å². The monoisotopic (exact) mass is 350 g/mol. The zero-order valence-electron chi connectivity index (χ0n) is 10.0. The van der Waals surface area contributed by atoms with E-state index in [2.05, 4.69) is 36.2 Å². The van der Waals surface area contributed by atoms with Crippen molar-refractivity contribution >= 4 is 50.3 Å². The third kappa shape index (κ3) is 2.52. The minimum atomic E-state index is -0.331. The molecule has 20 heavy (non-hydrogen) atoms. The molecule has 1 amide bonds. The molecule has 3 aromatic rings. The molecule has 5 nitrogen and oxygen atoms in total. The van der Waals surface area contributed by atoms with Crippen LogP contribution in [0.3, 0.4) is 0 Å². The van der Waals surface area contributed by atoms with E-state index in [4.69, 9.17) is 11.6 Å². The molecule has 0 aliphatic rings. The third-order valence-corrected chi connectivity index (χ3v) is 3.37. The highest BCUT2D eigenvalue weighted by Gasteiger charge is 2.13. The maximum atomic E-state index is 12.0. The predicted molar refractivity (Wildman–Crippen MR) is 81.0 cm³/mol. The number of nitrogens with zero attached hydrogens (tertiary/aromatic N) is 2. The van der Waals surface area contributed by atoms with Gasteiger partial charge in [-0.15, -0.1) is 0 Å². The van der Waals surface area contributed by atoms with Crippen LogP contribution in [0.25, 0.3) is 11.0 Å². The molecule has 0 bridgehead atoms. The van der Waals surface area contributed by atoms with Crippen molar-refractivity contribution in [2.45, 2.75) is 0 Å². The largest absolute Gasteiger partial charge is 0.356 e. The molecule has 0 saturated heterocycles. The molecule has 1 aromatic carbocycles. The smallest absolute Gasteiger partial charge is 0.273 e. The first kappa shape index (κ1) is 13.1. The minimum absolute atomic E-state index is 0.155. The first-order chi connectivity index (χ1) is 9.63. The van der Waals surface area contributed by atoms with Gasteiger partial charge in [-0.3, -0.25) is 4.79 Å². The van der Waals surface area contributed by atoms with Crippen LogP contribution in [-0.4, -0.2) is 20.9 Å². The molecule has 0 unspecified atom stereocenters. The third-order valence-electron chi connectivity index (χ3n) is 2.65. The molecule has 0 aliphatic heterocycles. The Kier molecular flexibility index (Phi) is 3.42. The fraction of sp³-hybridized carbons (Fsp3) is 0. The number of carbonyl (C=O) groups excluding carboxylic acids is 1. The lowest BCUT2D eigenvalue weighted by Gasteiger charge is -2.06. The average molecular weight is 352 g/mol. The Morgan fingerprint density at radius 3 is 2.60 bits per heavy atom. The highest BCUT2D eigenvalue weighted by molar-refractivity contribution is 9.10. The second-order valence-corrected chi connectivity index (χ2v) is 5.31. The van der Waals surface area contributed by atoms with Gasteiger partial charge in [0.05, 0.1) is 11.0 Å². The van der Waals surface area contributed by atoms with E-state index < -0.39 is 0 Å². The number of H-pyrrole nitrogens is 1. The normalized spacial score (nSPS) is 10.7. The van der Waals surface area contributed by atoms with Gasteiger partial charge in [-0.2, -0.15) is 0 Å². The Hall–Kier alpha value is -1.92. The SMILES string of the molecule is O=C(Nc1nc2ccccc2nc1Cl)c1cc(Br)c[nH]1. The first-order valence-corrected chi connectivity index (χ1v) is 6.88. The number of carbonyl (C=O) groups is 1. The Labute approximate surface area is 127 Å². The maximum Gasteiger partial charge on any atom is 0.273 e. The summed E-state index contributed by atoms with van der Waals surface area (Å²) in [5.74, 6) is -0.0942. The molecule has 0 radical (unpaired) electrons. The molecule has 0 spiro atoms. The lowest BCUT2D eigenvalue weighted by molar-refractivity contribution is 0.102. The quantitative estimate of drug-likeness (QED) is 0.740. The lowest BCUT2D eigenvalue weighted by atomic mass is 10.3. The van der Waals surface area contributed by atoms with Crippen molar-refractivity contribution in [2.24, 2.45) is 0 Å². The molecule has 2 heterocycles. The summed E-state index contributed by atoms with van der Waals surface area (Å²) >= 11 is 9.30. The van der Waals surface area contributed by atoms with E-state index in [1.165, 1.54) is 0 Å². The number of hydrogen-bond acceptors (Lipinski definition) is 3. The van der Waals surface area contributed by atoms with Crippen LogP contribution in [0.5, 0.6) is 0 Å². The van der Waals surface area contributed by atoms with E-state index in [1.807, 2.05) is 18.2 Å². The van der Waals surface area contributed by atoms with Crippen molar-refractivity contribution in [1.29, 1.82) is 0 Å². The molecular formula is C13H8BrClN4O. The number of aromatic nitrogens is 3. The van der Waals surface area contributed by atoms with Crippen LogP contribution in [0.4, 0.5) is 5.82 Å². The van der Waals surface area contributed by atoms with Crippen molar-refractivity contribution in [1.82, 2.24) is 15.0 Å². The highest BCUT2D eigenvalue weighted by Crippen LogP contribution is 2.21. The minimum Gasteiger partial charge on any atom is -0.356 e. The van der Waals surface area contributed by atoms with Gasteiger partial charge in [0, 0.05) is 10.7 Å². The van der Waals surface area contributed by atoms with Crippen LogP contribution in [0.15, 0.2) is 41.0 Å². The Morgan fingerprint density at radius 1 is 1.25 bits per heavy atom. The molecule has 0 atom stereocenters. The molecule has 0 saturated carbocycles. The standard InChI is InChI=1S/C13H8BrClN4O/c14-7-5-10(16-6-7)13(20)19-12-11(15)17-8-3-1-2-4-9(8)18-12/h1-6,16H,(H,18,19,20). The summed E-state index contributed by atoms with van der Waals surface area (Å²) in [6.07, 6.45) is 1.67. The van der Waals surface area contributed by atoms with Gasteiger partial charge in [-0.05, 0) is 34.1 Å². The number of benzene rings is 1. The number of para-hydroxylation sites is 2. The number of hydrogen-bond donors (Lipinski definition) is 2. The number of amides is 1. The Balaban J connectivity index is 1.94. The summed E-state index contributed by atoms with van der Waals surface area (Å²) in [7, 11) is 0. The van der Waals surface area contributed by atoms with Gasteiger partial charge in [0.2, 0.25) is 0 Å². The number of aromatic amines is 1. The van der Waals surface area contributed by atoms with Gasteiger partial charge < -0.3 is 10.3 Å². The van der Waals surface area contributed by atoms with Crippen LogP contribution < -0.4 is 5.32 Å². The van der Waals surface area contributed by atoms with Gasteiger partial charge in [0.1, 0.15) is 5.69 Å². The van der Waals surface area contributed by atoms with E-state index in [-0.39, 0.29) is 16.9 Å². The van der Waals surface area contributed by atoms with Gasteiger partial charge in [0.25, 0.3) is 5.91 Å². The van der Waals surface area contributed by atoms with Crippen molar-refractivity contribution < 1.29 is 4.79 Å². The average Bonchev–Trinajstić information content (AvgIpc) is 2.86. The fourth-order valence-electron chi connectivity index (χ4n) is 1.73. The van der Waals surface area contributed by atoms with Crippen LogP contribution in [0, 0.1) is 0 Å². The summed E-state index contributed by atoms with van der Waals surface area (Å²) in [6, 6.07) is 8.97. The second-order valence-electron chi connectivity index (χ2n) is 4.04. The van der Waals surface area contributed by atoms with E-state index in [0.717, 1.165) is 4.47 Å². The van der Waals surface area contributed by atoms with E-state index >= 15 is 0 Å². The summed E-state index contributed by atoms with van der Waals surface area (Å²) in [5, 5.41) is 2.79. The number of fused-ring (bicyclic) bond motifs is 1. The van der Waals surface area contributed by atoms with E-state index in [9.17, 15) is 4.79 Å². The highest BCUT2D eigenvalue weighted by atomic mass is 79.9. The summed E-state index contributed by atoms with van der Waals surface area (Å²) < 4.78 is 0.790. The lowest BCUT2D eigenvalue weighted by Crippen LogP contribution is -2.14. The van der Waals surface area contributed by atoms with Crippen LogP contribution in [0.2, 0.25) is 5.15 Å². The van der Waals surface area contributed by atoms with Crippen LogP contribution >= 0.6 is 27.5 Å². The summed E-state index contributed by atoms with van der Waals surface area (Å²) in [4.78, 5) is 23.3. The molecule has 2 N–H and O–H groups in total. The molecule has 2 aromatic heterocycles. The van der Waals surface area contributed by atoms with Gasteiger partial charge in [-0.25, -0.2) is 9.97 Å². The van der Waals surface area contributed by atoms with Gasteiger partial charge >= 0.3 is 0 Å².